The predicted molar refractivity (Wildman–Crippen MR) is 74.0 cm³/mol. The van der Waals surface area contributed by atoms with Crippen LogP contribution in [0, 0.1) is 0 Å². The van der Waals surface area contributed by atoms with Crippen molar-refractivity contribution in [2.24, 2.45) is 0 Å². The van der Waals surface area contributed by atoms with E-state index in [4.69, 9.17) is 5.73 Å². The number of nitrogens with two attached hydrogens (primary N) is 1. The highest BCUT2D eigenvalue weighted by atomic mass is 32.2. The third kappa shape index (κ3) is 2.49. The Hall–Kier alpha value is -1.19. The molecule has 0 unspecified atom stereocenters. The fourth-order valence-corrected chi connectivity index (χ4v) is 3.34. The zero-order valence-corrected chi connectivity index (χ0v) is 10.4. The van der Waals surface area contributed by atoms with E-state index in [-0.39, 0.29) is 5.25 Å². The fraction of sp³-hybridized carbons (Fsp3) is 0.0769. The Labute approximate surface area is 104 Å². The zero-order chi connectivity index (χ0) is 11.4. The molecule has 0 aliphatic heterocycles. The smallest absolute Gasteiger partial charge is 0.0616 e. The van der Waals surface area contributed by atoms with E-state index in [9.17, 15) is 0 Å². The second-order valence-electron chi connectivity index (χ2n) is 3.33. The summed E-state index contributed by atoms with van der Waals surface area (Å²) >= 11 is 3.49. The van der Waals surface area contributed by atoms with Gasteiger partial charge in [-0.15, -0.1) is 29.7 Å². The molecule has 1 aromatic carbocycles. The number of thioether (sulfide) groups is 1. The number of hydrogen-bond acceptors (Lipinski definition) is 3. The first-order valence-electron chi connectivity index (χ1n) is 4.98. The third-order valence-corrected chi connectivity index (χ3v) is 4.64. The molecule has 0 bridgehead atoms. The van der Waals surface area contributed by atoms with Gasteiger partial charge in [-0.3, -0.25) is 0 Å². The van der Waals surface area contributed by atoms with Crippen LogP contribution in [0.15, 0.2) is 59.3 Å². The lowest BCUT2D eigenvalue weighted by atomic mass is 10.3. The summed E-state index contributed by atoms with van der Waals surface area (Å²) in [5.41, 5.74) is 6.75. The summed E-state index contributed by atoms with van der Waals surface area (Å²) in [6.07, 6.45) is 1.96. The Kier molecular flexibility index (Phi) is 3.70. The Morgan fingerprint density at radius 1 is 1.25 bits per heavy atom. The summed E-state index contributed by atoms with van der Waals surface area (Å²) in [7, 11) is 0. The fourth-order valence-electron chi connectivity index (χ4n) is 1.40. The van der Waals surface area contributed by atoms with Gasteiger partial charge in [-0.05, 0) is 23.6 Å². The lowest BCUT2D eigenvalue weighted by molar-refractivity contribution is 1.28. The first-order valence-corrected chi connectivity index (χ1v) is 6.74. The summed E-state index contributed by atoms with van der Waals surface area (Å²) < 4.78 is 0. The lowest BCUT2D eigenvalue weighted by Crippen LogP contribution is -1.90. The van der Waals surface area contributed by atoms with Crippen molar-refractivity contribution in [1.29, 1.82) is 0 Å². The molecule has 0 spiro atoms. The van der Waals surface area contributed by atoms with Crippen molar-refractivity contribution < 1.29 is 0 Å². The van der Waals surface area contributed by atoms with Crippen molar-refractivity contribution in [3.8, 4) is 0 Å². The molecule has 0 fully saturated rings. The summed E-state index contributed by atoms with van der Waals surface area (Å²) in [6, 6.07) is 12.1. The van der Waals surface area contributed by atoms with Crippen molar-refractivity contribution in [2.45, 2.75) is 10.1 Å². The Morgan fingerprint density at radius 2 is 2.06 bits per heavy atom. The molecule has 2 N–H and O–H groups in total. The monoisotopic (exact) mass is 247 g/mol. The highest BCUT2D eigenvalue weighted by molar-refractivity contribution is 8.00. The average molecular weight is 247 g/mol. The maximum Gasteiger partial charge on any atom is 0.0616 e. The maximum atomic E-state index is 5.93. The Morgan fingerprint density at radius 3 is 2.69 bits per heavy atom. The first-order chi connectivity index (χ1) is 7.81. The number of nitrogen functional groups attached to an aromatic ring is 1. The van der Waals surface area contributed by atoms with Gasteiger partial charge in [-0.2, -0.15) is 0 Å². The van der Waals surface area contributed by atoms with Crippen molar-refractivity contribution in [3.05, 3.63) is 59.3 Å². The largest absolute Gasteiger partial charge is 0.398 e. The summed E-state index contributed by atoms with van der Waals surface area (Å²) in [5, 5.41) is 2.37. The third-order valence-electron chi connectivity index (χ3n) is 2.21. The van der Waals surface area contributed by atoms with Gasteiger partial charge in [0.25, 0.3) is 0 Å². The van der Waals surface area contributed by atoms with E-state index >= 15 is 0 Å². The van der Waals surface area contributed by atoms with Crippen LogP contribution in [0.1, 0.15) is 10.1 Å². The minimum absolute atomic E-state index is 0.282. The van der Waals surface area contributed by atoms with Gasteiger partial charge in [-0.1, -0.05) is 24.3 Å². The van der Waals surface area contributed by atoms with Gasteiger partial charge in [-0.25, -0.2) is 0 Å². The molecular formula is C13H13NS2. The van der Waals surface area contributed by atoms with Crippen LogP contribution in [0.4, 0.5) is 5.69 Å². The van der Waals surface area contributed by atoms with Gasteiger partial charge in [0, 0.05) is 15.5 Å². The molecule has 1 atom stereocenters. The Balaban J connectivity index is 2.20. The molecule has 0 amide bonds. The topological polar surface area (TPSA) is 26.0 Å². The quantitative estimate of drug-likeness (QED) is 0.494. The lowest BCUT2D eigenvalue weighted by Gasteiger charge is -2.11. The minimum Gasteiger partial charge on any atom is -0.398 e. The molecule has 82 valence electrons. The van der Waals surface area contributed by atoms with Crippen LogP contribution < -0.4 is 5.73 Å². The van der Waals surface area contributed by atoms with E-state index in [2.05, 4.69) is 24.1 Å². The van der Waals surface area contributed by atoms with Crippen LogP contribution in [0.5, 0.6) is 0 Å². The summed E-state index contributed by atoms with van der Waals surface area (Å²) in [4.78, 5) is 2.42. The van der Waals surface area contributed by atoms with Gasteiger partial charge >= 0.3 is 0 Å². The van der Waals surface area contributed by atoms with Gasteiger partial charge in [0.05, 0.1) is 5.25 Å². The number of para-hydroxylation sites is 1. The molecule has 1 aromatic heterocycles. The summed E-state index contributed by atoms with van der Waals surface area (Å²) in [6.45, 7) is 3.89. The minimum atomic E-state index is 0.282. The second-order valence-corrected chi connectivity index (χ2v) is 5.49. The Bertz CT molecular complexity index is 463. The molecule has 2 aromatic rings. The molecule has 0 aliphatic carbocycles. The molecule has 1 heterocycles. The average Bonchev–Trinajstić information content (AvgIpc) is 2.81. The van der Waals surface area contributed by atoms with Crippen LogP contribution in [0.3, 0.4) is 0 Å². The van der Waals surface area contributed by atoms with Crippen molar-refractivity contribution in [2.75, 3.05) is 5.73 Å². The van der Waals surface area contributed by atoms with E-state index in [1.165, 1.54) is 4.88 Å². The van der Waals surface area contributed by atoms with Gasteiger partial charge in [0.2, 0.25) is 0 Å². The molecule has 0 saturated carbocycles. The number of hydrogen-bond donors (Lipinski definition) is 1. The first kappa shape index (κ1) is 11.3. The number of benzene rings is 1. The second kappa shape index (κ2) is 5.23. The predicted octanol–water partition coefficient (Wildman–Crippen LogP) is 4.35. The van der Waals surface area contributed by atoms with E-state index < -0.39 is 0 Å². The van der Waals surface area contributed by atoms with Crippen molar-refractivity contribution in [3.63, 3.8) is 0 Å². The van der Waals surface area contributed by atoms with E-state index in [1.54, 1.807) is 23.1 Å². The van der Waals surface area contributed by atoms with Crippen LogP contribution in [0.2, 0.25) is 0 Å². The van der Waals surface area contributed by atoms with Crippen LogP contribution in [-0.2, 0) is 0 Å². The van der Waals surface area contributed by atoms with E-state index in [1.807, 2.05) is 30.3 Å². The molecule has 0 aliphatic rings. The van der Waals surface area contributed by atoms with Crippen LogP contribution >= 0.6 is 23.1 Å². The van der Waals surface area contributed by atoms with Gasteiger partial charge in [0.1, 0.15) is 0 Å². The molecular weight excluding hydrogens is 234 g/mol. The number of thiophene rings is 1. The number of rotatable bonds is 4. The molecule has 0 radical (unpaired) electrons. The molecule has 1 nitrogen and oxygen atoms in total. The standard InChI is InChI=1S/C13H13NS2/c1-2-11(13-8-5-9-15-13)16-12-7-4-3-6-10(12)14/h2-9,11H,1,14H2/t11-/m0/s1. The maximum absolute atomic E-state index is 5.93. The zero-order valence-electron chi connectivity index (χ0n) is 8.80. The van der Waals surface area contributed by atoms with Crippen molar-refractivity contribution in [1.82, 2.24) is 0 Å². The van der Waals surface area contributed by atoms with Gasteiger partial charge in [0.15, 0.2) is 0 Å². The van der Waals surface area contributed by atoms with Crippen LogP contribution in [0.25, 0.3) is 0 Å². The molecule has 3 heteroatoms. The van der Waals surface area contributed by atoms with Gasteiger partial charge < -0.3 is 5.73 Å². The van der Waals surface area contributed by atoms with E-state index in [0.717, 1.165) is 10.6 Å². The normalized spacial score (nSPS) is 12.2. The highest BCUT2D eigenvalue weighted by Crippen LogP contribution is 2.40. The molecule has 2 rings (SSSR count). The van der Waals surface area contributed by atoms with E-state index in [0.29, 0.717) is 0 Å². The van der Waals surface area contributed by atoms with Crippen molar-refractivity contribution >= 4 is 28.8 Å². The SMILES string of the molecule is C=C[C@H](Sc1ccccc1N)c1cccs1. The summed E-state index contributed by atoms with van der Waals surface area (Å²) in [5.74, 6) is 0. The van der Waals surface area contributed by atoms with Crippen LogP contribution in [-0.4, -0.2) is 0 Å². The molecule has 16 heavy (non-hydrogen) atoms. The highest BCUT2D eigenvalue weighted by Gasteiger charge is 2.11. The number of anilines is 1. The molecule has 0 saturated heterocycles.